The van der Waals surface area contributed by atoms with Crippen LogP contribution in [-0.2, 0) is 9.59 Å². The maximum atomic E-state index is 12.2. The molecule has 3 aliphatic heterocycles. The van der Waals surface area contributed by atoms with Crippen molar-refractivity contribution in [2.45, 2.75) is 43.7 Å². The number of carboxylic acid groups (broad SMARTS) is 1. The Balaban J connectivity index is 1.83. The van der Waals surface area contributed by atoms with Crippen molar-refractivity contribution in [2.75, 3.05) is 13.2 Å². The Morgan fingerprint density at radius 2 is 2.22 bits per heavy atom. The van der Waals surface area contributed by atoms with E-state index in [1.54, 1.807) is 6.92 Å². The molecule has 0 saturated carbocycles. The minimum atomic E-state index is -1.09. The number of carbonyl (C=O) groups excluding carboxylic acids is 1. The third-order valence-corrected chi connectivity index (χ3v) is 6.52. The van der Waals surface area contributed by atoms with Gasteiger partial charge in [0.25, 0.3) is 0 Å². The molecule has 6 atom stereocenters. The van der Waals surface area contributed by atoms with Crippen molar-refractivity contribution in [2.24, 2.45) is 11.8 Å². The fraction of sp³-hybridized carbons (Fsp3) is 0.733. The minimum absolute atomic E-state index is 0.0435. The highest BCUT2D eigenvalue weighted by Gasteiger charge is 2.60. The molecule has 3 rings (SSSR count). The van der Waals surface area contributed by atoms with Gasteiger partial charge in [0.1, 0.15) is 5.70 Å². The summed E-state index contributed by atoms with van der Waals surface area (Å²) in [6, 6.07) is -0.221. The van der Waals surface area contributed by atoms with Gasteiger partial charge in [-0.25, -0.2) is 4.79 Å². The van der Waals surface area contributed by atoms with E-state index in [-0.39, 0.29) is 41.5 Å². The zero-order chi connectivity index (χ0) is 16.9. The largest absolute Gasteiger partial charge is 0.477 e. The summed E-state index contributed by atoms with van der Waals surface area (Å²) in [6.45, 7) is 4.26. The fourth-order valence-corrected chi connectivity index (χ4v) is 5.39. The number of amides is 1. The molecule has 3 aliphatic rings. The van der Waals surface area contributed by atoms with Gasteiger partial charge in [0.2, 0.25) is 5.91 Å². The van der Waals surface area contributed by atoms with E-state index in [9.17, 15) is 24.9 Å². The number of fused-ring (bicyclic) bond motifs is 1. The molecule has 23 heavy (non-hydrogen) atoms. The second-order valence-corrected chi connectivity index (χ2v) is 7.88. The zero-order valence-corrected chi connectivity index (χ0v) is 13.9. The van der Waals surface area contributed by atoms with Crippen LogP contribution in [0.5, 0.6) is 0 Å². The number of hydrogen-bond acceptors (Lipinski definition) is 6. The predicted molar refractivity (Wildman–Crippen MR) is 84.5 cm³/mol. The van der Waals surface area contributed by atoms with Crippen molar-refractivity contribution in [3.8, 4) is 0 Å². The van der Waals surface area contributed by atoms with Crippen LogP contribution in [0.25, 0.3) is 0 Å². The summed E-state index contributed by atoms with van der Waals surface area (Å²) in [5, 5.41) is 31.9. The normalized spacial score (nSPS) is 37.8. The van der Waals surface area contributed by atoms with Crippen LogP contribution in [0, 0.1) is 11.8 Å². The van der Waals surface area contributed by atoms with Gasteiger partial charge in [0.05, 0.1) is 24.7 Å². The molecule has 0 bridgehead atoms. The third kappa shape index (κ3) is 2.57. The van der Waals surface area contributed by atoms with Crippen molar-refractivity contribution < 1.29 is 24.9 Å². The Kier molecular flexibility index (Phi) is 4.43. The second kappa shape index (κ2) is 6.08. The Bertz CT molecular complexity index is 564. The fourth-order valence-electron chi connectivity index (χ4n) is 3.87. The molecule has 6 unspecified atom stereocenters. The number of thioether (sulfide) groups is 1. The number of aliphatic hydroxyl groups is 2. The number of nitrogens with zero attached hydrogens (tertiary/aromatic N) is 1. The van der Waals surface area contributed by atoms with E-state index in [1.807, 2.05) is 6.92 Å². The van der Waals surface area contributed by atoms with Gasteiger partial charge in [0.15, 0.2) is 0 Å². The number of aliphatic hydroxyl groups excluding tert-OH is 2. The SMILES string of the molecule is CC(O)C1C(=O)N2C(C(=O)O)=C(SC3CNC(CO)C3)C(C)C12. The molecule has 0 aromatic heterocycles. The van der Waals surface area contributed by atoms with Gasteiger partial charge in [-0.1, -0.05) is 6.92 Å². The van der Waals surface area contributed by atoms with Crippen LogP contribution in [0.1, 0.15) is 20.3 Å². The predicted octanol–water partition coefficient (Wildman–Crippen LogP) is -0.404. The topological polar surface area (TPSA) is 110 Å². The number of aliphatic carboxylic acids is 1. The quantitative estimate of drug-likeness (QED) is 0.503. The van der Waals surface area contributed by atoms with Gasteiger partial charge in [-0.2, -0.15) is 0 Å². The summed E-state index contributed by atoms with van der Waals surface area (Å²) < 4.78 is 0. The molecule has 7 nitrogen and oxygen atoms in total. The monoisotopic (exact) mass is 342 g/mol. The van der Waals surface area contributed by atoms with Gasteiger partial charge in [-0.15, -0.1) is 11.8 Å². The van der Waals surface area contributed by atoms with Crippen LogP contribution < -0.4 is 5.32 Å². The highest BCUT2D eigenvalue weighted by Crippen LogP contribution is 2.51. The van der Waals surface area contributed by atoms with E-state index in [0.717, 1.165) is 6.42 Å². The number of rotatable bonds is 5. The van der Waals surface area contributed by atoms with Crippen LogP contribution in [0.4, 0.5) is 0 Å². The van der Waals surface area contributed by atoms with Crippen molar-refractivity contribution in [1.82, 2.24) is 10.2 Å². The molecule has 0 spiro atoms. The van der Waals surface area contributed by atoms with Gasteiger partial charge < -0.3 is 25.5 Å². The summed E-state index contributed by atoms with van der Waals surface area (Å²) in [7, 11) is 0. The maximum absolute atomic E-state index is 12.2. The molecule has 0 aromatic rings. The molecule has 0 radical (unpaired) electrons. The first kappa shape index (κ1) is 16.8. The van der Waals surface area contributed by atoms with Crippen LogP contribution in [0.3, 0.4) is 0 Å². The number of carboxylic acids is 1. The molecule has 0 aromatic carbocycles. The van der Waals surface area contributed by atoms with Crippen LogP contribution >= 0.6 is 11.8 Å². The van der Waals surface area contributed by atoms with Gasteiger partial charge in [-0.3, -0.25) is 4.79 Å². The second-order valence-electron chi connectivity index (χ2n) is 6.54. The lowest BCUT2D eigenvalue weighted by Gasteiger charge is -2.46. The Morgan fingerprint density at radius 3 is 2.74 bits per heavy atom. The van der Waals surface area contributed by atoms with Gasteiger partial charge in [0, 0.05) is 28.7 Å². The van der Waals surface area contributed by atoms with Gasteiger partial charge in [-0.05, 0) is 13.3 Å². The first-order valence-electron chi connectivity index (χ1n) is 7.86. The first-order chi connectivity index (χ1) is 10.9. The smallest absolute Gasteiger partial charge is 0.353 e. The van der Waals surface area contributed by atoms with E-state index < -0.39 is 18.0 Å². The summed E-state index contributed by atoms with van der Waals surface area (Å²) in [5.74, 6) is -2.02. The van der Waals surface area contributed by atoms with Crippen molar-refractivity contribution in [3.63, 3.8) is 0 Å². The lowest BCUT2D eigenvalue weighted by Crippen LogP contribution is -2.63. The van der Waals surface area contributed by atoms with Crippen LogP contribution in [-0.4, -0.2) is 68.7 Å². The van der Waals surface area contributed by atoms with E-state index in [0.29, 0.717) is 11.4 Å². The molecule has 0 aliphatic carbocycles. The summed E-state index contributed by atoms with van der Waals surface area (Å²) in [6.07, 6.45) is -0.0135. The molecule has 4 N–H and O–H groups in total. The van der Waals surface area contributed by atoms with E-state index in [4.69, 9.17) is 0 Å². The van der Waals surface area contributed by atoms with Crippen LogP contribution in [0.2, 0.25) is 0 Å². The molecular formula is C15H22N2O5S. The highest BCUT2D eigenvalue weighted by atomic mass is 32.2. The van der Waals surface area contributed by atoms with Crippen molar-refractivity contribution in [1.29, 1.82) is 0 Å². The van der Waals surface area contributed by atoms with Crippen molar-refractivity contribution in [3.05, 3.63) is 10.6 Å². The number of nitrogens with one attached hydrogen (secondary N) is 1. The summed E-state index contributed by atoms with van der Waals surface area (Å²) in [4.78, 5) is 26.0. The van der Waals surface area contributed by atoms with E-state index in [1.165, 1.54) is 16.7 Å². The Hall–Kier alpha value is -1.09. The lowest BCUT2D eigenvalue weighted by atomic mass is 9.79. The Morgan fingerprint density at radius 1 is 1.52 bits per heavy atom. The van der Waals surface area contributed by atoms with E-state index >= 15 is 0 Å². The van der Waals surface area contributed by atoms with E-state index in [2.05, 4.69) is 5.32 Å². The summed E-state index contributed by atoms with van der Waals surface area (Å²) in [5.41, 5.74) is 0.0712. The number of carbonyl (C=O) groups is 2. The Labute approximate surface area is 138 Å². The summed E-state index contributed by atoms with van der Waals surface area (Å²) >= 11 is 1.49. The lowest BCUT2D eigenvalue weighted by molar-refractivity contribution is -0.163. The molecule has 2 saturated heterocycles. The molecule has 3 heterocycles. The number of β-lactam (4-membered cyclic amide) rings is 1. The molecular weight excluding hydrogens is 320 g/mol. The minimum Gasteiger partial charge on any atom is -0.477 e. The van der Waals surface area contributed by atoms with Crippen LogP contribution in [0.15, 0.2) is 10.6 Å². The average Bonchev–Trinajstić information content (AvgIpc) is 3.02. The molecule has 2 fully saturated rings. The third-order valence-electron chi connectivity index (χ3n) is 5.01. The average molecular weight is 342 g/mol. The van der Waals surface area contributed by atoms with Crippen molar-refractivity contribution >= 4 is 23.6 Å². The number of hydrogen-bond donors (Lipinski definition) is 4. The maximum Gasteiger partial charge on any atom is 0.353 e. The molecule has 1 amide bonds. The zero-order valence-electron chi connectivity index (χ0n) is 13.1. The first-order valence-corrected chi connectivity index (χ1v) is 8.74. The highest BCUT2D eigenvalue weighted by molar-refractivity contribution is 8.03. The molecule has 8 heteroatoms. The standard InChI is InChI=1S/C15H22N2O5S/c1-6-11-10(7(2)19)14(20)17(11)12(15(21)22)13(6)23-9-3-8(5-18)16-4-9/h6-11,16,18-19H,3-5H2,1-2H3,(H,21,22). The molecule has 128 valence electrons. The van der Waals surface area contributed by atoms with Gasteiger partial charge >= 0.3 is 5.97 Å².